The molecule has 2 aromatic rings. The van der Waals surface area contributed by atoms with Gasteiger partial charge in [-0.2, -0.15) is 0 Å². The van der Waals surface area contributed by atoms with Gasteiger partial charge in [-0.15, -0.1) is 0 Å². The second-order valence-electron chi connectivity index (χ2n) is 5.79. The van der Waals surface area contributed by atoms with Crippen molar-refractivity contribution < 1.29 is 4.42 Å². The molecule has 2 atom stereocenters. The Morgan fingerprint density at radius 3 is 2.89 bits per heavy atom. The van der Waals surface area contributed by atoms with Crippen LogP contribution in [0.4, 0.5) is 0 Å². The van der Waals surface area contributed by atoms with Gasteiger partial charge in [-0.1, -0.05) is 25.1 Å². The molecule has 0 saturated heterocycles. The summed E-state index contributed by atoms with van der Waals surface area (Å²) in [7, 11) is 0. The highest BCUT2D eigenvalue weighted by Gasteiger charge is 2.34. The molecule has 1 N–H and O–H groups in total. The lowest BCUT2D eigenvalue weighted by atomic mass is 9.72. The van der Waals surface area contributed by atoms with Crippen molar-refractivity contribution in [3.8, 4) is 0 Å². The Labute approximate surface area is 115 Å². The maximum Gasteiger partial charge on any atom is 0.137 e. The minimum absolute atomic E-state index is 0.621. The van der Waals surface area contributed by atoms with Gasteiger partial charge in [0.25, 0.3) is 0 Å². The van der Waals surface area contributed by atoms with Crippen molar-refractivity contribution >= 4 is 11.0 Å². The summed E-state index contributed by atoms with van der Waals surface area (Å²) in [6.07, 6.45) is 3.82. The highest BCUT2D eigenvalue weighted by Crippen LogP contribution is 2.44. The quantitative estimate of drug-likeness (QED) is 0.811. The molecule has 3 rings (SSSR count). The summed E-state index contributed by atoms with van der Waals surface area (Å²) in [5.74, 6) is 2.57. The Morgan fingerprint density at radius 1 is 1.32 bits per heavy atom. The van der Waals surface area contributed by atoms with Gasteiger partial charge in [-0.05, 0) is 56.8 Å². The third kappa shape index (κ3) is 2.42. The lowest BCUT2D eigenvalue weighted by Gasteiger charge is -2.35. The van der Waals surface area contributed by atoms with Gasteiger partial charge in [0.2, 0.25) is 0 Å². The fourth-order valence-corrected chi connectivity index (χ4v) is 3.06. The van der Waals surface area contributed by atoms with Crippen LogP contribution in [-0.2, 0) is 0 Å². The van der Waals surface area contributed by atoms with Gasteiger partial charge in [0, 0.05) is 11.3 Å². The summed E-state index contributed by atoms with van der Waals surface area (Å²) in [4.78, 5) is 0. The van der Waals surface area contributed by atoms with Crippen LogP contribution in [0.2, 0.25) is 0 Å². The van der Waals surface area contributed by atoms with Gasteiger partial charge in [-0.3, -0.25) is 0 Å². The maximum atomic E-state index is 6.11. The van der Waals surface area contributed by atoms with Crippen LogP contribution in [0.15, 0.2) is 28.7 Å². The van der Waals surface area contributed by atoms with E-state index in [2.05, 4.69) is 43.4 Å². The number of furan rings is 1. The molecule has 0 bridgehead atoms. The first-order valence-electron chi connectivity index (χ1n) is 7.49. The highest BCUT2D eigenvalue weighted by atomic mass is 16.3. The van der Waals surface area contributed by atoms with E-state index in [4.69, 9.17) is 4.42 Å². The number of aryl methyl sites for hydroxylation is 1. The van der Waals surface area contributed by atoms with Crippen LogP contribution in [0, 0.1) is 12.8 Å². The second-order valence-corrected chi connectivity index (χ2v) is 5.79. The number of rotatable bonds is 5. The van der Waals surface area contributed by atoms with E-state index in [0.717, 1.165) is 24.6 Å². The fourth-order valence-electron chi connectivity index (χ4n) is 3.06. The molecule has 1 saturated carbocycles. The Hall–Kier alpha value is -1.28. The average molecular weight is 257 g/mol. The number of hydrogen-bond donors (Lipinski definition) is 1. The lowest BCUT2D eigenvalue weighted by molar-refractivity contribution is 0.219. The summed E-state index contributed by atoms with van der Waals surface area (Å²) in [5.41, 5.74) is 2.31. The van der Waals surface area contributed by atoms with Crippen LogP contribution >= 0.6 is 0 Å². The van der Waals surface area contributed by atoms with Crippen molar-refractivity contribution in [1.29, 1.82) is 0 Å². The monoisotopic (exact) mass is 257 g/mol. The van der Waals surface area contributed by atoms with E-state index in [1.54, 1.807) is 0 Å². The number of benzene rings is 1. The predicted octanol–water partition coefficient (Wildman–Crippen LogP) is 4.23. The molecule has 0 radical (unpaired) electrons. The zero-order valence-electron chi connectivity index (χ0n) is 11.9. The Morgan fingerprint density at radius 2 is 2.21 bits per heavy atom. The topological polar surface area (TPSA) is 25.2 Å². The van der Waals surface area contributed by atoms with E-state index < -0.39 is 0 Å². The average Bonchev–Trinajstić information content (AvgIpc) is 2.78. The molecule has 1 aromatic heterocycles. The van der Waals surface area contributed by atoms with E-state index in [9.17, 15) is 0 Å². The minimum atomic E-state index is 0.621. The van der Waals surface area contributed by atoms with E-state index in [1.165, 1.54) is 36.0 Å². The van der Waals surface area contributed by atoms with Crippen molar-refractivity contribution in [2.45, 2.75) is 39.0 Å². The molecule has 1 aliphatic carbocycles. The van der Waals surface area contributed by atoms with Crippen molar-refractivity contribution in [3.05, 3.63) is 35.6 Å². The standard InChI is InChI=1S/C17H23NO/c1-3-9-18-11-14-7-8-15(14)16-10-13-6-4-5-12(2)17(13)19-16/h4-6,10,14-15,18H,3,7-9,11H2,1-2H3. The van der Waals surface area contributed by atoms with Gasteiger partial charge in [0.15, 0.2) is 0 Å². The van der Waals surface area contributed by atoms with Crippen molar-refractivity contribution in [1.82, 2.24) is 5.32 Å². The number of hydrogen-bond acceptors (Lipinski definition) is 2. The third-order valence-corrected chi connectivity index (χ3v) is 4.38. The van der Waals surface area contributed by atoms with E-state index in [1.807, 2.05) is 0 Å². The van der Waals surface area contributed by atoms with Crippen LogP contribution < -0.4 is 5.32 Å². The number of para-hydroxylation sites is 1. The SMILES string of the molecule is CCCNCC1CCC1c1cc2cccc(C)c2o1. The molecule has 2 heteroatoms. The maximum absolute atomic E-state index is 6.11. The van der Waals surface area contributed by atoms with E-state index in [-0.39, 0.29) is 0 Å². The summed E-state index contributed by atoms with van der Waals surface area (Å²) in [6.45, 7) is 6.60. The Balaban J connectivity index is 1.75. The molecule has 1 aromatic carbocycles. The zero-order valence-corrected chi connectivity index (χ0v) is 11.9. The molecule has 0 amide bonds. The van der Waals surface area contributed by atoms with Crippen molar-refractivity contribution in [2.75, 3.05) is 13.1 Å². The molecule has 1 fully saturated rings. The van der Waals surface area contributed by atoms with Crippen LogP contribution in [0.5, 0.6) is 0 Å². The first-order valence-corrected chi connectivity index (χ1v) is 7.49. The minimum Gasteiger partial charge on any atom is -0.460 e. The van der Waals surface area contributed by atoms with Crippen LogP contribution in [0.1, 0.15) is 43.4 Å². The summed E-state index contributed by atoms with van der Waals surface area (Å²) < 4.78 is 6.11. The molecular formula is C17H23NO. The molecule has 0 spiro atoms. The van der Waals surface area contributed by atoms with E-state index >= 15 is 0 Å². The van der Waals surface area contributed by atoms with Gasteiger partial charge in [0.05, 0.1) is 0 Å². The van der Waals surface area contributed by atoms with Gasteiger partial charge in [0.1, 0.15) is 11.3 Å². The zero-order chi connectivity index (χ0) is 13.2. The van der Waals surface area contributed by atoms with Gasteiger partial charge in [-0.25, -0.2) is 0 Å². The smallest absolute Gasteiger partial charge is 0.137 e. The van der Waals surface area contributed by atoms with E-state index in [0.29, 0.717) is 5.92 Å². The van der Waals surface area contributed by atoms with Crippen LogP contribution in [0.25, 0.3) is 11.0 Å². The lowest BCUT2D eigenvalue weighted by Crippen LogP contribution is -2.33. The van der Waals surface area contributed by atoms with Crippen LogP contribution in [0.3, 0.4) is 0 Å². The Bertz CT molecular complexity index is 557. The predicted molar refractivity (Wildman–Crippen MR) is 79.6 cm³/mol. The molecule has 19 heavy (non-hydrogen) atoms. The summed E-state index contributed by atoms with van der Waals surface area (Å²) in [5, 5.41) is 4.79. The number of fused-ring (bicyclic) bond motifs is 1. The second kappa shape index (κ2) is 5.38. The summed E-state index contributed by atoms with van der Waals surface area (Å²) >= 11 is 0. The molecule has 2 unspecified atom stereocenters. The Kier molecular flexibility index (Phi) is 3.61. The first kappa shape index (κ1) is 12.7. The van der Waals surface area contributed by atoms with Gasteiger partial charge >= 0.3 is 0 Å². The molecular weight excluding hydrogens is 234 g/mol. The molecule has 2 nitrogen and oxygen atoms in total. The first-order chi connectivity index (χ1) is 9.29. The van der Waals surface area contributed by atoms with Crippen LogP contribution in [-0.4, -0.2) is 13.1 Å². The van der Waals surface area contributed by atoms with Crippen molar-refractivity contribution in [2.24, 2.45) is 5.92 Å². The number of nitrogens with one attached hydrogen (secondary N) is 1. The molecule has 102 valence electrons. The molecule has 1 aliphatic rings. The normalized spacial score (nSPS) is 22.6. The third-order valence-electron chi connectivity index (χ3n) is 4.38. The molecule has 1 heterocycles. The largest absolute Gasteiger partial charge is 0.460 e. The van der Waals surface area contributed by atoms with Gasteiger partial charge < -0.3 is 9.73 Å². The van der Waals surface area contributed by atoms with Crippen molar-refractivity contribution in [3.63, 3.8) is 0 Å². The fraction of sp³-hybridized carbons (Fsp3) is 0.529. The molecule has 0 aliphatic heterocycles. The summed E-state index contributed by atoms with van der Waals surface area (Å²) in [6, 6.07) is 8.63. The highest BCUT2D eigenvalue weighted by molar-refractivity contribution is 5.81.